The second kappa shape index (κ2) is 5.09. The number of benzene rings is 1. The third kappa shape index (κ3) is 3.67. The van der Waals surface area contributed by atoms with Gasteiger partial charge in [0.15, 0.2) is 0 Å². The van der Waals surface area contributed by atoms with Crippen LogP contribution in [0.15, 0.2) is 18.2 Å². The van der Waals surface area contributed by atoms with Gasteiger partial charge in [-0.3, -0.25) is 0 Å². The molecule has 0 radical (unpaired) electrons. The standard InChI is InChI=1S/C14H21N3/c1-10(14(2,3)4)9-17-12-6-5-11(8-15)13(16)7-12/h5-7,10,17H,9,16H2,1-4H3. The first-order valence-electron chi connectivity index (χ1n) is 5.88. The van der Waals surface area contributed by atoms with Crippen molar-refractivity contribution in [2.75, 3.05) is 17.6 Å². The summed E-state index contributed by atoms with van der Waals surface area (Å²) in [6.45, 7) is 9.81. The third-order valence-corrected chi connectivity index (χ3v) is 3.26. The number of hydrogen-bond acceptors (Lipinski definition) is 3. The van der Waals surface area contributed by atoms with Crippen molar-refractivity contribution in [2.24, 2.45) is 11.3 Å². The van der Waals surface area contributed by atoms with Crippen molar-refractivity contribution in [3.8, 4) is 6.07 Å². The van der Waals surface area contributed by atoms with Gasteiger partial charge in [0.05, 0.1) is 11.3 Å². The maximum Gasteiger partial charge on any atom is 0.101 e. The maximum atomic E-state index is 8.78. The minimum Gasteiger partial charge on any atom is -0.398 e. The molecular formula is C14H21N3. The molecule has 0 fully saturated rings. The van der Waals surface area contributed by atoms with E-state index >= 15 is 0 Å². The molecule has 3 nitrogen and oxygen atoms in total. The summed E-state index contributed by atoms with van der Waals surface area (Å²) in [6.07, 6.45) is 0. The first kappa shape index (κ1) is 13.4. The monoisotopic (exact) mass is 231 g/mol. The minimum atomic E-state index is 0.283. The van der Waals surface area contributed by atoms with Crippen LogP contribution in [0.5, 0.6) is 0 Å². The van der Waals surface area contributed by atoms with Gasteiger partial charge in [0, 0.05) is 12.2 Å². The molecule has 0 amide bonds. The molecule has 1 atom stereocenters. The zero-order valence-electron chi connectivity index (χ0n) is 11.0. The lowest BCUT2D eigenvalue weighted by molar-refractivity contribution is 0.274. The van der Waals surface area contributed by atoms with Crippen LogP contribution in [-0.4, -0.2) is 6.54 Å². The summed E-state index contributed by atoms with van der Waals surface area (Å²) in [5.41, 5.74) is 8.07. The molecule has 1 rings (SSSR count). The molecule has 3 heteroatoms. The molecule has 0 heterocycles. The van der Waals surface area contributed by atoms with Crippen molar-refractivity contribution < 1.29 is 0 Å². The van der Waals surface area contributed by atoms with Gasteiger partial charge in [0.1, 0.15) is 6.07 Å². The SMILES string of the molecule is CC(CNc1ccc(C#N)c(N)c1)C(C)(C)C. The van der Waals surface area contributed by atoms with Crippen LogP contribution in [0.1, 0.15) is 33.3 Å². The second-order valence-corrected chi connectivity index (χ2v) is 5.56. The fraction of sp³-hybridized carbons (Fsp3) is 0.500. The minimum absolute atomic E-state index is 0.283. The van der Waals surface area contributed by atoms with Gasteiger partial charge in [0.25, 0.3) is 0 Å². The van der Waals surface area contributed by atoms with Crippen LogP contribution in [-0.2, 0) is 0 Å². The topological polar surface area (TPSA) is 61.8 Å². The molecule has 0 saturated heterocycles. The molecule has 1 unspecified atom stereocenters. The highest BCUT2D eigenvalue weighted by atomic mass is 14.9. The van der Waals surface area contributed by atoms with Crippen molar-refractivity contribution in [1.82, 2.24) is 0 Å². The van der Waals surface area contributed by atoms with E-state index in [1.54, 1.807) is 6.07 Å². The van der Waals surface area contributed by atoms with Crippen molar-refractivity contribution in [3.63, 3.8) is 0 Å². The van der Waals surface area contributed by atoms with Crippen LogP contribution in [0.2, 0.25) is 0 Å². The summed E-state index contributed by atoms with van der Waals surface area (Å²) in [5, 5.41) is 12.1. The van der Waals surface area contributed by atoms with E-state index in [4.69, 9.17) is 11.0 Å². The van der Waals surface area contributed by atoms with Crippen LogP contribution in [0, 0.1) is 22.7 Å². The van der Waals surface area contributed by atoms with Gasteiger partial charge in [-0.25, -0.2) is 0 Å². The van der Waals surface area contributed by atoms with Crippen LogP contribution in [0.4, 0.5) is 11.4 Å². The molecule has 92 valence electrons. The highest BCUT2D eigenvalue weighted by Gasteiger charge is 2.19. The normalized spacial score (nSPS) is 12.9. The average molecular weight is 231 g/mol. The molecule has 3 N–H and O–H groups in total. The van der Waals surface area contributed by atoms with Gasteiger partial charge in [-0.05, 0) is 29.5 Å². The van der Waals surface area contributed by atoms with Crippen LogP contribution >= 0.6 is 0 Å². The van der Waals surface area contributed by atoms with Crippen molar-refractivity contribution in [1.29, 1.82) is 5.26 Å². The van der Waals surface area contributed by atoms with Gasteiger partial charge in [0.2, 0.25) is 0 Å². The number of nitrogens with zero attached hydrogens (tertiary/aromatic N) is 1. The summed E-state index contributed by atoms with van der Waals surface area (Å²) >= 11 is 0. The molecule has 0 aliphatic carbocycles. The lowest BCUT2D eigenvalue weighted by Crippen LogP contribution is -2.24. The van der Waals surface area contributed by atoms with Gasteiger partial charge < -0.3 is 11.1 Å². The Kier molecular flexibility index (Phi) is 4.01. The Labute approximate surface area is 104 Å². The molecule has 0 spiro atoms. The molecule has 17 heavy (non-hydrogen) atoms. The molecule has 0 bridgehead atoms. The Morgan fingerprint density at radius 1 is 1.41 bits per heavy atom. The maximum absolute atomic E-state index is 8.78. The van der Waals surface area contributed by atoms with Gasteiger partial charge in [-0.2, -0.15) is 5.26 Å². The van der Waals surface area contributed by atoms with E-state index in [0.717, 1.165) is 12.2 Å². The highest BCUT2D eigenvalue weighted by Crippen LogP contribution is 2.26. The first-order valence-corrected chi connectivity index (χ1v) is 5.88. The number of nitrogens with one attached hydrogen (secondary N) is 1. The third-order valence-electron chi connectivity index (χ3n) is 3.26. The van der Waals surface area contributed by atoms with Crippen LogP contribution in [0.25, 0.3) is 0 Å². The second-order valence-electron chi connectivity index (χ2n) is 5.56. The smallest absolute Gasteiger partial charge is 0.101 e. The molecule has 0 saturated carbocycles. The van der Waals surface area contributed by atoms with Gasteiger partial charge in [-0.15, -0.1) is 0 Å². The Bertz CT molecular complexity index is 424. The summed E-state index contributed by atoms with van der Waals surface area (Å²) in [5.74, 6) is 0.555. The number of hydrogen-bond donors (Lipinski definition) is 2. The van der Waals surface area contributed by atoms with Crippen molar-refractivity contribution in [2.45, 2.75) is 27.7 Å². The predicted molar refractivity (Wildman–Crippen MR) is 72.7 cm³/mol. The molecule has 0 aliphatic heterocycles. The largest absolute Gasteiger partial charge is 0.398 e. The zero-order valence-corrected chi connectivity index (χ0v) is 11.0. The fourth-order valence-corrected chi connectivity index (χ4v) is 1.35. The first-order chi connectivity index (χ1) is 7.84. The van der Waals surface area contributed by atoms with E-state index in [1.165, 1.54) is 0 Å². The van der Waals surface area contributed by atoms with E-state index in [0.29, 0.717) is 17.2 Å². The Hall–Kier alpha value is -1.69. The number of anilines is 2. The summed E-state index contributed by atoms with van der Waals surface area (Å²) < 4.78 is 0. The molecular weight excluding hydrogens is 210 g/mol. The average Bonchev–Trinajstić information content (AvgIpc) is 2.24. The summed E-state index contributed by atoms with van der Waals surface area (Å²) in [6, 6.07) is 7.51. The van der Waals surface area contributed by atoms with Crippen molar-refractivity contribution in [3.05, 3.63) is 23.8 Å². The number of rotatable bonds is 3. The van der Waals surface area contributed by atoms with Crippen LogP contribution in [0.3, 0.4) is 0 Å². The summed E-state index contributed by atoms with van der Waals surface area (Å²) in [7, 11) is 0. The predicted octanol–water partition coefficient (Wildman–Crippen LogP) is 3.23. The molecule has 0 aliphatic rings. The number of nitrogens with two attached hydrogens (primary N) is 1. The quantitative estimate of drug-likeness (QED) is 0.785. The zero-order chi connectivity index (χ0) is 13.1. The lowest BCUT2D eigenvalue weighted by Gasteiger charge is -2.27. The van der Waals surface area contributed by atoms with E-state index in [9.17, 15) is 0 Å². The Balaban J connectivity index is 2.66. The van der Waals surface area contributed by atoms with Gasteiger partial charge >= 0.3 is 0 Å². The molecule has 0 aromatic heterocycles. The summed E-state index contributed by atoms with van der Waals surface area (Å²) in [4.78, 5) is 0. The van der Waals surface area contributed by atoms with E-state index in [1.807, 2.05) is 12.1 Å². The number of nitrogen functional groups attached to an aromatic ring is 1. The Morgan fingerprint density at radius 2 is 2.06 bits per heavy atom. The molecule has 1 aromatic carbocycles. The Morgan fingerprint density at radius 3 is 2.53 bits per heavy atom. The van der Waals surface area contributed by atoms with E-state index in [-0.39, 0.29) is 5.41 Å². The van der Waals surface area contributed by atoms with Crippen molar-refractivity contribution >= 4 is 11.4 Å². The lowest BCUT2D eigenvalue weighted by atomic mass is 9.82. The van der Waals surface area contributed by atoms with E-state index in [2.05, 4.69) is 39.1 Å². The molecule has 1 aromatic rings. The van der Waals surface area contributed by atoms with E-state index < -0.39 is 0 Å². The fourth-order valence-electron chi connectivity index (χ4n) is 1.35. The van der Waals surface area contributed by atoms with Gasteiger partial charge in [-0.1, -0.05) is 27.7 Å². The highest BCUT2D eigenvalue weighted by molar-refractivity contribution is 5.62. The van der Waals surface area contributed by atoms with Crippen LogP contribution < -0.4 is 11.1 Å². The number of nitriles is 1.